The van der Waals surface area contributed by atoms with Gasteiger partial charge in [-0.2, -0.15) is 10.5 Å². The second-order valence-electron chi connectivity index (χ2n) is 2.96. The van der Waals surface area contributed by atoms with Crippen LogP contribution in [0.2, 0.25) is 0 Å². The highest BCUT2D eigenvalue weighted by Crippen LogP contribution is 2.32. The van der Waals surface area contributed by atoms with Crippen LogP contribution in [0.5, 0.6) is 0 Å². The molecule has 0 spiro atoms. The monoisotopic (exact) mass is 161 g/mol. The third-order valence-corrected chi connectivity index (χ3v) is 2.13. The lowest BCUT2D eigenvalue weighted by Crippen LogP contribution is -2.10. The Morgan fingerprint density at radius 1 is 1.58 bits per heavy atom. The van der Waals surface area contributed by atoms with Crippen molar-refractivity contribution in [2.45, 2.75) is 25.8 Å². The maximum absolute atomic E-state index is 8.40. The lowest BCUT2D eigenvalue weighted by Gasteiger charge is -1.95. The summed E-state index contributed by atoms with van der Waals surface area (Å²) in [6.07, 6.45) is 3.84. The standard InChI is InChI=1S/C9H11N3/c1-2-8-3-9(8)12-6-7(4-10)5-11/h6,8-9,12H,2-3H2,1H3/t8-,9-/m1/s1. The fourth-order valence-corrected chi connectivity index (χ4v) is 1.18. The van der Waals surface area contributed by atoms with Gasteiger partial charge < -0.3 is 5.32 Å². The quantitative estimate of drug-likeness (QED) is 0.635. The van der Waals surface area contributed by atoms with Gasteiger partial charge in [0.05, 0.1) is 0 Å². The molecular formula is C9H11N3. The van der Waals surface area contributed by atoms with E-state index in [1.165, 1.54) is 12.6 Å². The van der Waals surface area contributed by atoms with Gasteiger partial charge in [0.2, 0.25) is 0 Å². The van der Waals surface area contributed by atoms with Crippen molar-refractivity contribution >= 4 is 0 Å². The first-order chi connectivity index (χ1) is 5.81. The largest absolute Gasteiger partial charge is 0.386 e. The normalized spacial score (nSPS) is 24.9. The predicted octanol–water partition coefficient (Wildman–Crippen LogP) is 1.31. The van der Waals surface area contributed by atoms with Crippen LogP contribution in [-0.4, -0.2) is 6.04 Å². The van der Waals surface area contributed by atoms with Gasteiger partial charge in [0.15, 0.2) is 0 Å². The fourth-order valence-electron chi connectivity index (χ4n) is 1.18. The third-order valence-electron chi connectivity index (χ3n) is 2.13. The van der Waals surface area contributed by atoms with Gasteiger partial charge in [0.25, 0.3) is 0 Å². The summed E-state index contributed by atoms with van der Waals surface area (Å²) in [4.78, 5) is 0. The number of nitrogens with zero attached hydrogens (tertiary/aromatic N) is 2. The van der Waals surface area contributed by atoms with Crippen molar-refractivity contribution in [1.82, 2.24) is 5.32 Å². The number of nitrogens with one attached hydrogen (secondary N) is 1. The molecular weight excluding hydrogens is 150 g/mol. The number of allylic oxidation sites excluding steroid dienone is 1. The first kappa shape index (κ1) is 8.62. The Hall–Kier alpha value is -1.48. The summed E-state index contributed by atoms with van der Waals surface area (Å²) < 4.78 is 0. The Morgan fingerprint density at radius 3 is 2.67 bits per heavy atom. The summed E-state index contributed by atoms with van der Waals surface area (Å²) in [5, 5.41) is 19.9. The summed E-state index contributed by atoms with van der Waals surface area (Å²) in [6.45, 7) is 2.14. The number of rotatable bonds is 3. The van der Waals surface area contributed by atoms with Crippen LogP contribution >= 0.6 is 0 Å². The Labute approximate surface area is 72.3 Å². The predicted molar refractivity (Wildman–Crippen MR) is 44.6 cm³/mol. The van der Waals surface area contributed by atoms with Gasteiger partial charge in [-0.25, -0.2) is 0 Å². The summed E-state index contributed by atoms with van der Waals surface area (Å²) in [7, 11) is 0. The SMILES string of the molecule is CC[C@@H]1C[C@H]1NC=C(C#N)C#N. The molecule has 3 heteroatoms. The van der Waals surface area contributed by atoms with Gasteiger partial charge in [-0.3, -0.25) is 0 Å². The smallest absolute Gasteiger partial charge is 0.145 e. The lowest BCUT2D eigenvalue weighted by atomic mass is 10.3. The van der Waals surface area contributed by atoms with Crippen molar-refractivity contribution in [2.24, 2.45) is 5.92 Å². The van der Waals surface area contributed by atoms with Crippen LogP contribution in [0.25, 0.3) is 0 Å². The molecule has 3 nitrogen and oxygen atoms in total. The zero-order valence-corrected chi connectivity index (χ0v) is 7.04. The van der Waals surface area contributed by atoms with E-state index in [2.05, 4.69) is 12.2 Å². The minimum absolute atomic E-state index is 0.150. The molecule has 0 saturated heterocycles. The van der Waals surface area contributed by atoms with Gasteiger partial charge in [-0.15, -0.1) is 0 Å². The van der Waals surface area contributed by atoms with Crippen LogP contribution in [0.3, 0.4) is 0 Å². The highest BCUT2D eigenvalue weighted by Gasteiger charge is 2.34. The fraction of sp³-hybridized carbons (Fsp3) is 0.556. The first-order valence-electron chi connectivity index (χ1n) is 4.08. The lowest BCUT2D eigenvalue weighted by molar-refractivity contribution is 0.707. The van der Waals surface area contributed by atoms with E-state index in [0.29, 0.717) is 6.04 Å². The van der Waals surface area contributed by atoms with Crippen molar-refractivity contribution in [1.29, 1.82) is 10.5 Å². The molecule has 1 aliphatic carbocycles. The molecule has 0 bridgehead atoms. The Bertz CT molecular complexity index is 250. The minimum Gasteiger partial charge on any atom is -0.386 e. The zero-order chi connectivity index (χ0) is 8.97. The zero-order valence-electron chi connectivity index (χ0n) is 7.04. The average molecular weight is 161 g/mol. The van der Waals surface area contributed by atoms with Crippen molar-refractivity contribution in [3.63, 3.8) is 0 Å². The molecule has 12 heavy (non-hydrogen) atoms. The van der Waals surface area contributed by atoms with Gasteiger partial charge >= 0.3 is 0 Å². The van der Waals surface area contributed by atoms with E-state index >= 15 is 0 Å². The molecule has 1 N–H and O–H groups in total. The molecule has 0 aromatic rings. The van der Waals surface area contributed by atoms with Crippen molar-refractivity contribution in [2.75, 3.05) is 0 Å². The van der Waals surface area contributed by atoms with Crippen LogP contribution in [0.15, 0.2) is 11.8 Å². The van der Waals surface area contributed by atoms with E-state index in [-0.39, 0.29) is 5.57 Å². The number of hydrogen-bond acceptors (Lipinski definition) is 3. The van der Waals surface area contributed by atoms with E-state index in [0.717, 1.165) is 12.3 Å². The number of hydrogen-bond donors (Lipinski definition) is 1. The van der Waals surface area contributed by atoms with E-state index in [1.807, 2.05) is 0 Å². The van der Waals surface area contributed by atoms with Crippen molar-refractivity contribution in [3.05, 3.63) is 11.8 Å². The Kier molecular flexibility index (Phi) is 2.71. The topological polar surface area (TPSA) is 59.6 Å². The molecule has 1 aliphatic rings. The van der Waals surface area contributed by atoms with Crippen LogP contribution in [-0.2, 0) is 0 Å². The van der Waals surface area contributed by atoms with E-state index in [4.69, 9.17) is 10.5 Å². The van der Waals surface area contributed by atoms with E-state index in [1.54, 1.807) is 12.1 Å². The van der Waals surface area contributed by atoms with Crippen LogP contribution in [0.1, 0.15) is 19.8 Å². The molecule has 1 fully saturated rings. The molecule has 62 valence electrons. The highest BCUT2D eigenvalue weighted by atomic mass is 14.9. The molecule has 0 amide bonds. The summed E-state index contributed by atoms with van der Waals surface area (Å²) in [6, 6.07) is 4.10. The second kappa shape index (κ2) is 3.78. The number of nitriles is 2. The molecule has 1 saturated carbocycles. The highest BCUT2D eigenvalue weighted by molar-refractivity contribution is 5.34. The Balaban J connectivity index is 2.32. The molecule has 0 heterocycles. The van der Waals surface area contributed by atoms with Gasteiger partial charge in [0.1, 0.15) is 17.7 Å². The molecule has 0 aromatic heterocycles. The van der Waals surface area contributed by atoms with Gasteiger partial charge in [-0.05, 0) is 12.3 Å². The van der Waals surface area contributed by atoms with Crippen LogP contribution in [0, 0.1) is 28.6 Å². The maximum atomic E-state index is 8.40. The van der Waals surface area contributed by atoms with E-state index < -0.39 is 0 Å². The maximum Gasteiger partial charge on any atom is 0.145 e. The molecule has 0 aromatic carbocycles. The van der Waals surface area contributed by atoms with Crippen molar-refractivity contribution in [3.8, 4) is 12.1 Å². The molecule has 1 rings (SSSR count). The first-order valence-corrected chi connectivity index (χ1v) is 4.08. The van der Waals surface area contributed by atoms with E-state index in [9.17, 15) is 0 Å². The minimum atomic E-state index is 0.150. The third kappa shape index (κ3) is 2.00. The summed E-state index contributed by atoms with van der Waals surface area (Å²) in [5.74, 6) is 0.736. The molecule has 0 unspecified atom stereocenters. The van der Waals surface area contributed by atoms with Gasteiger partial charge in [0, 0.05) is 12.2 Å². The van der Waals surface area contributed by atoms with Crippen molar-refractivity contribution < 1.29 is 0 Å². The molecule has 2 atom stereocenters. The average Bonchev–Trinajstić information content (AvgIpc) is 2.85. The van der Waals surface area contributed by atoms with Crippen LogP contribution < -0.4 is 5.32 Å². The molecule has 0 aliphatic heterocycles. The van der Waals surface area contributed by atoms with Gasteiger partial charge in [-0.1, -0.05) is 13.3 Å². The second-order valence-corrected chi connectivity index (χ2v) is 2.96. The molecule has 0 radical (unpaired) electrons. The Morgan fingerprint density at radius 2 is 2.25 bits per heavy atom. The van der Waals surface area contributed by atoms with Crippen LogP contribution in [0.4, 0.5) is 0 Å². The summed E-state index contributed by atoms with van der Waals surface area (Å²) >= 11 is 0. The summed E-state index contributed by atoms with van der Waals surface area (Å²) in [5.41, 5.74) is 0.150.